The molecule has 0 spiro atoms. The first-order valence-corrected chi connectivity index (χ1v) is 8.60. The quantitative estimate of drug-likeness (QED) is 0.709. The van der Waals surface area contributed by atoms with E-state index >= 15 is 0 Å². The summed E-state index contributed by atoms with van der Waals surface area (Å²) in [6, 6.07) is 8.10. The summed E-state index contributed by atoms with van der Waals surface area (Å²) in [7, 11) is 0. The van der Waals surface area contributed by atoms with Gasteiger partial charge in [-0.3, -0.25) is 0 Å². The standard InChI is InChI=1S/C19H22N4O2/c1-4-21-17-14-9-12-7-8-13(24-6-3)10-16(12)25-19(14)23-18(22-5-2)15(17)11-20/h7-8,10H,4-6,9H2,1-3H3,(H2,21,22,23). The minimum absolute atomic E-state index is 0.528. The van der Waals surface area contributed by atoms with Crippen LogP contribution >= 0.6 is 0 Å². The van der Waals surface area contributed by atoms with E-state index in [4.69, 9.17) is 9.47 Å². The van der Waals surface area contributed by atoms with Crippen LogP contribution in [0.3, 0.4) is 0 Å². The molecule has 0 unspecified atom stereocenters. The minimum atomic E-state index is 0.528. The lowest BCUT2D eigenvalue weighted by Gasteiger charge is -2.24. The normalized spacial score (nSPS) is 11.6. The number of pyridine rings is 1. The monoisotopic (exact) mass is 338 g/mol. The van der Waals surface area contributed by atoms with Gasteiger partial charge in [0.05, 0.1) is 12.3 Å². The summed E-state index contributed by atoms with van der Waals surface area (Å²) in [5.74, 6) is 2.61. The fourth-order valence-electron chi connectivity index (χ4n) is 2.95. The predicted molar refractivity (Wildman–Crippen MR) is 97.8 cm³/mol. The van der Waals surface area contributed by atoms with Crippen molar-refractivity contribution in [2.75, 3.05) is 30.3 Å². The zero-order valence-electron chi connectivity index (χ0n) is 14.8. The third-order valence-electron chi connectivity index (χ3n) is 3.99. The van der Waals surface area contributed by atoms with Crippen molar-refractivity contribution in [3.05, 3.63) is 34.9 Å². The smallest absolute Gasteiger partial charge is 0.226 e. The van der Waals surface area contributed by atoms with Gasteiger partial charge in [0, 0.05) is 31.1 Å². The molecule has 0 bridgehead atoms. The van der Waals surface area contributed by atoms with Gasteiger partial charge in [-0.25, -0.2) is 0 Å². The number of nitrogens with zero attached hydrogens (tertiary/aromatic N) is 2. The van der Waals surface area contributed by atoms with Crippen molar-refractivity contribution in [3.8, 4) is 23.4 Å². The van der Waals surface area contributed by atoms with Crippen LogP contribution in [0, 0.1) is 11.3 Å². The first-order valence-electron chi connectivity index (χ1n) is 8.60. The molecule has 1 aliphatic rings. The third-order valence-corrected chi connectivity index (χ3v) is 3.99. The summed E-state index contributed by atoms with van der Waals surface area (Å²) in [4.78, 5) is 4.55. The van der Waals surface area contributed by atoms with Crippen LogP contribution in [-0.2, 0) is 6.42 Å². The van der Waals surface area contributed by atoms with E-state index in [1.54, 1.807) is 0 Å². The molecule has 0 amide bonds. The van der Waals surface area contributed by atoms with E-state index in [-0.39, 0.29) is 0 Å². The van der Waals surface area contributed by atoms with E-state index in [1.165, 1.54) is 0 Å². The molecule has 1 aromatic heterocycles. The van der Waals surface area contributed by atoms with Crippen LogP contribution in [-0.4, -0.2) is 24.7 Å². The molecule has 25 heavy (non-hydrogen) atoms. The lowest BCUT2D eigenvalue weighted by Crippen LogP contribution is -2.14. The lowest BCUT2D eigenvalue weighted by molar-refractivity contribution is 0.337. The van der Waals surface area contributed by atoms with E-state index < -0.39 is 0 Å². The molecule has 2 aromatic rings. The Morgan fingerprint density at radius 2 is 2.04 bits per heavy atom. The van der Waals surface area contributed by atoms with Gasteiger partial charge in [0.25, 0.3) is 0 Å². The van der Waals surface area contributed by atoms with Crippen LogP contribution in [0.1, 0.15) is 37.5 Å². The van der Waals surface area contributed by atoms with Crippen LogP contribution in [0.5, 0.6) is 17.4 Å². The van der Waals surface area contributed by atoms with Crippen LogP contribution in [0.2, 0.25) is 0 Å². The van der Waals surface area contributed by atoms with Crippen LogP contribution in [0.4, 0.5) is 11.5 Å². The van der Waals surface area contributed by atoms with Crippen molar-refractivity contribution in [3.63, 3.8) is 0 Å². The van der Waals surface area contributed by atoms with Gasteiger partial charge in [0.15, 0.2) is 0 Å². The maximum atomic E-state index is 9.62. The summed E-state index contributed by atoms with van der Waals surface area (Å²) in [6.45, 7) is 7.93. The Labute approximate surface area is 147 Å². The number of rotatable bonds is 6. The molecule has 6 heteroatoms. The summed E-state index contributed by atoms with van der Waals surface area (Å²) in [5, 5.41) is 16.1. The Balaban J connectivity index is 2.09. The molecular weight excluding hydrogens is 316 g/mol. The largest absolute Gasteiger partial charge is 0.494 e. The summed E-state index contributed by atoms with van der Waals surface area (Å²) in [5.41, 5.74) is 3.29. The molecule has 2 heterocycles. The lowest BCUT2D eigenvalue weighted by atomic mass is 9.98. The highest BCUT2D eigenvalue weighted by molar-refractivity contribution is 5.75. The average molecular weight is 338 g/mol. The van der Waals surface area contributed by atoms with Gasteiger partial charge in [-0.15, -0.1) is 0 Å². The van der Waals surface area contributed by atoms with Crippen molar-refractivity contribution < 1.29 is 9.47 Å². The molecule has 130 valence electrons. The molecule has 0 fully saturated rings. The molecule has 1 aliphatic heterocycles. The summed E-state index contributed by atoms with van der Waals surface area (Å²) < 4.78 is 11.6. The first-order chi connectivity index (χ1) is 12.2. The van der Waals surface area contributed by atoms with E-state index in [1.807, 2.05) is 39.0 Å². The average Bonchev–Trinajstić information content (AvgIpc) is 2.61. The SMILES string of the molecule is CCNc1nc2c(c(NCC)c1C#N)Cc1ccc(OCC)cc1O2. The zero-order chi connectivity index (χ0) is 17.8. The summed E-state index contributed by atoms with van der Waals surface area (Å²) >= 11 is 0. The van der Waals surface area contributed by atoms with Gasteiger partial charge in [0.1, 0.15) is 28.9 Å². The predicted octanol–water partition coefficient (Wildman–Crippen LogP) is 3.91. The van der Waals surface area contributed by atoms with Crippen molar-refractivity contribution in [1.82, 2.24) is 4.98 Å². The number of fused-ring (bicyclic) bond motifs is 2. The van der Waals surface area contributed by atoms with E-state index in [0.29, 0.717) is 43.4 Å². The highest BCUT2D eigenvalue weighted by atomic mass is 16.5. The number of hydrogen-bond donors (Lipinski definition) is 2. The number of nitriles is 1. The van der Waals surface area contributed by atoms with Gasteiger partial charge in [-0.05, 0) is 32.4 Å². The highest BCUT2D eigenvalue weighted by Gasteiger charge is 2.26. The topological polar surface area (TPSA) is 79.2 Å². The van der Waals surface area contributed by atoms with Gasteiger partial charge < -0.3 is 20.1 Å². The van der Waals surface area contributed by atoms with Gasteiger partial charge in [-0.2, -0.15) is 10.2 Å². The maximum Gasteiger partial charge on any atom is 0.226 e. The van der Waals surface area contributed by atoms with Crippen LogP contribution < -0.4 is 20.1 Å². The number of benzene rings is 1. The van der Waals surface area contributed by atoms with Crippen molar-refractivity contribution in [2.24, 2.45) is 0 Å². The third kappa shape index (κ3) is 3.18. The van der Waals surface area contributed by atoms with E-state index in [2.05, 4.69) is 21.7 Å². The van der Waals surface area contributed by atoms with Crippen molar-refractivity contribution in [1.29, 1.82) is 5.26 Å². The highest BCUT2D eigenvalue weighted by Crippen LogP contribution is 2.43. The molecule has 0 saturated carbocycles. The molecule has 0 atom stereocenters. The molecule has 0 aliphatic carbocycles. The van der Waals surface area contributed by atoms with Crippen molar-refractivity contribution >= 4 is 11.5 Å². The van der Waals surface area contributed by atoms with E-state index in [9.17, 15) is 5.26 Å². The maximum absolute atomic E-state index is 9.62. The molecule has 0 saturated heterocycles. The van der Waals surface area contributed by atoms with Crippen LogP contribution in [0.15, 0.2) is 18.2 Å². The molecule has 3 rings (SSSR count). The number of hydrogen-bond acceptors (Lipinski definition) is 6. The fourth-order valence-corrected chi connectivity index (χ4v) is 2.95. The minimum Gasteiger partial charge on any atom is -0.494 e. The number of nitrogens with one attached hydrogen (secondary N) is 2. The molecular formula is C19H22N4O2. The zero-order valence-corrected chi connectivity index (χ0v) is 14.8. The van der Waals surface area contributed by atoms with Gasteiger partial charge >= 0.3 is 0 Å². The molecule has 0 radical (unpaired) electrons. The van der Waals surface area contributed by atoms with Crippen molar-refractivity contribution in [2.45, 2.75) is 27.2 Å². The Bertz CT molecular complexity index is 827. The fraction of sp³-hybridized carbons (Fsp3) is 0.368. The van der Waals surface area contributed by atoms with E-state index in [0.717, 1.165) is 28.3 Å². The Hall–Kier alpha value is -2.94. The molecule has 1 aromatic carbocycles. The second-order valence-corrected chi connectivity index (χ2v) is 5.65. The number of anilines is 2. The summed E-state index contributed by atoms with van der Waals surface area (Å²) in [6.07, 6.45) is 0.660. The second-order valence-electron chi connectivity index (χ2n) is 5.65. The Morgan fingerprint density at radius 1 is 1.24 bits per heavy atom. The van der Waals surface area contributed by atoms with Crippen LogP contribution in [0.25, 0.3) is 0 Å². The second kappa shape index (κ2) is 7.31. The number of aromatic nitrogens is 1. The van der Waals surface area contributed by atoms with Gasteiger partial charge in [-0.1, -0.05) is 6.07 Å². The number of ether oxygens (including phenoxy) is 2. The Kier molecular flexibility index (Phi) is 4.94. The Morgan fingerprint density at radius 3 is 2.72 bits per heavy atom. The first kappa shape index (κ1) is 16.9. The van der Waals surface area contributed by atoms with Gasteiger partial charge in [0.2, 0.25) is 5.88 Å². The molecule has 6 nitrogen and oxygen atoms in total. The molecule has 2 N–H and O–H groups in total.